The molecular weight excluding hydrogens is 184 g/mol. The van der Waals surface area contributed by atoms with Gasteiger partial charge < -0.3 is 15.7 Å². The Labute approximate surface area is 83.2 Å². The highest BCUT2D eigenvalue weighted by Gasteiger charge is 2.11. The maximum Gasteiger partial charge on any atom is 0.314 e. The van der Waals surface area contributed by atoms with E-state index in [2.05, 4.69) is 17.2 Å². The van der Waals surface area contributed by atoms with Gasteiger partial charge in [-0.25, -0.2) is 4.79 Å². The topological polar surface area (TPSA) is 78.4 Å². The van der Waals surface area contributed by atoms with Crippen LogP contribution in [0.1, 0.15) is 13.3 Å². The summed E-state index contributed by atoms with van der Waals surface area (Å²) >= 11 is 0. The molecule has 0 saturated heterocycles. The molecule has 0 spiro atoms. The summed E-state index contributed by atoms with van der Waals surface area (Å²) in [6, 6.07) is -0.347. The lowest BCUT2D eigenvalue weighted by Crippen LogP contribution is -2.39. The van der Waals surface area contributed by atoms with E-state index in [1.165, 1.54) is 6.92 Å². The monoisotopic (exact) mass is 200 g/mol. The van der Waals surface area contributed by atoms with E-state index in [9.17, 15) is 9.59 Å². The lowest BCUT2D eigenvalue weighted by Gasteiger charge is -2.08. The third-order valence-corrected chi connectivity index (χ3v) is 1.62. The van der Waals surface area contributed by atoms with Gasteiger partial charge in [-0.2, -0.15) is 0 Å². The minimum Gasteiger partial charge on any atom is -0.481 e. The van der Waals surface area contributed by atoms with Crippen LogP contribution in [0.3, 0.4) is 0 Å². The van der Waals surface area contributed by atoms with E-state index in [1.807, 2.05) is 0 Å². The van der Waals surface area contributed by atoms with Gasteiger partial charge in [-0.3, -0.25) is 4.79 Å². The summed E-state index contributed by atoms with van der Waals surface area (Å²) in [5, 5.41) is 13.5. The van der Waals surface area contributed by atoms with Crippen molar-refractivity contribution in [1.82, 2.24) is 10.6 Å². The molecule has 80 valence electrons. The maximum atomic E-state index is 11.0. The highest BCUT2D eigenvalue weighted by Crippen LogP contribution is 1.90. The average molecular weight is 200 g/mol. The van der Waals surface area contributed by atoms with Crippen LogP contribution in [0, 0.1) is 5.92 Å². The molecular formula is C9H16N2O3. The summed E-state index contributed by atoms with van der Waals surface area (Å²) in [4.78, 5) is 21.4. The number of carboxylic acid groups (broad SMARTS) is 1. The summed E-state index contributed by atoms with van der Waals surface area (Å²) in [6.07, 6.45) is 2.39. The Balaban J connectivity index is 3.53. The second kappa shape index (κ2) is 6.94. The standard InChI is InChI=1S/C9H16N2O3/c1-3-4-5-10-9(14)11-6-7(2)8(12)13/h3,7H,1,4-6H2,2H3,(H,12,13)(H2,10,11,14). The zero-order chi connectivity index (χ0) is 11.0. The fourth-order valence-electron chi connectivity index (χ4n) is 0.683. The molecule has 0 aliphatic rings. The highest BCUT2D eigenvalue weighted by atomic mass is 16.4. The van der Waals surface area contributed by atoms with Crippen molar-refractivity contribution < 1.29 is 14.7 Å². The molecule has 3 N–H and O–H groups in total. The lowest BCUT2D eigenvalue weighted by molar-refractivity contribution is -0.140. The third kappa shape index (κ3) is 6.05. The van der Waals surface area contributed by atoms with Crippen molar-refractivity contribution in [2.24, 2.45) is 5.92 Å². The molecule has 2 amide bonds. The van der Waals surface area contributed by atoms with Crippen LogP contribution in [0.5, 0.6) is 0 Å². The zero-order valence-corrected chi connectivity index (χ0v) is 8.25. The van der Waals surface area contributed by atoms with Gasteiger partial charge in [0.05, 0.1) is 5.92 Å². The van der Waals surface area contributed by atoms with E-state index in [-0.39, 0.29) is 12.6 Å². The van der Waals surface area contributed by atoms with E-state index in [0.29, 0.717) is 13.0 Å². The van der Waals surface area contributed by atoms with Crippen molar-refractivity contribution in [2.75, 3.05) is 13.1 Å². The predicted molar refractivity (Wildman–Crippen MR) is 53.0 cm³/mol. The first-order valence-corrected chi connectivity index (χ1v) is 4.43. The Hall–Kier alpha value is -1.52. The van der Waals surface area contributed by atoms with Crippen LogP contribution in [0.4, 0.5) is 4.79 Å². The Morgan fingerprint density at radius 3 is 2.64 bits per heavy atom. The highest BCUT2D eigenvalue weighted by molar-refractivity contribution is 5.75. The molecule has 0 heterocycles. The minimum atomic E-state index is -0.920. The zero-order valence-electron chi connectivity index (χ0n) is 8.25. The van der Waals surface area contributed by atoms with Crippen LogP contribution < -0.4 is 10.6 Å². The van der Waals surface area contributed by atoms with E-state index < -0.39 is 11.9 Å². The summed E-state index contributed by atoms with van der Waals surface area (Å²) in [7, 11) is 0. The Morgan fingerprint density at radius 1 is 1.50 bits per heavy atom. The first-order valence-electron chi connectivity index (χ1n) is 4.43. The molecule has 5 heteroatoms. The molecule has 5 nitrogen and oxygen atoms in total. The van der Waals surface area contributed by atoms with Crippen LogP contribution in [-0.4, -0.2) is 30.2 Å². The summed E-state index contributed by atoms with van der Waals surface area (Å²) in [5.74, 6) is -1.49. The SMILES string of the molecule is C=CCCNC(=O)NCC(C)C(=O)O. The molecule has 14 heavy (non-hydrogen) atoms. The van der Waals surface area contributed by atoms with Gasteiger partial charge in [0.25, 0.3) is 0 Å². The van der Waals surface area contributed by atoms with E-state index >= 15 is 0 Å². The minimum absolute atomic E-state index is 0.134. The van der Waals surface area contributed by atoms with Gasteiger partial charge in [-0.15, -0.1) is 6.58 Å². The van der Waals surface area contributed by atoms with Crippen LogP contribution in [0.25, 0.3) is 0 Å². The fourth-order valence-corrected chi connectivity index (χ4v) is 0.683. The number of amides is 2. The number of carbonyl (C=O) groups excluding carboxylic acids is 1. The number of carbonyl (C=O) groups is 2. The van der Waals surface area contributed by atoms with Crippen LogP contribution in [0.2, 0.25) is 0 Å². The second-order valence-electron chi connectivity index (χ2n) is 2.95. The quantitative estimate of drug-likeness (QED) is 0.433. The van der Waals surface area contributed by atoms with Crippen molar-refractivity contribution in [3.05, 3.63) is 12.7 Å². The van der Waals surface area contributed by atoms with E-state index in [0.717, 1.165) is 0 Å². The number of urea groups is 1. The summed E-state index contributed by atoms with van der Waals surface area (Å²) < 4.78 is 0. The lowest BCUT2D eigenvalue weighted by atomic mass is 10.2. The van der Waals surface area contributed by atoms with Gasteiger partial charge in [-0.05, 0) is 6.42 Å². The Bertz CT molecular complexity index is 216. The number of rotatable bonds is 6. The summed E-state index contributed by atoms with van der Waals surface area (Å²) in [5.41, 5.74) is 0. The van der Waals surface area contributed by atoms with Crippen LogP contribution in [-0.2, 0) is 4.79 Å². The smallest absolute Gasteiger partial charge is 0.314 e. The van der Waals surface area contributed by atoms with E-state index in [1.54, 1.807) is 6.08 Å². The molecule has 0 aromatic carbocycles. The van der Waals surface area contributed by atoms with Gasteiger partial charge in [0.15, 0.2) is 0 Å². The number of aliphatic carboxylic acids is 1. The van der Waals surface area contributed by atoms with Gasteiger partial charge >= 0.3 is 12.0 Å². The number of nitrogens with one attached hydrogen (secondary N) is 2. The molecule has 0 aromatic heterocycles. The first kappa shape index (κ1) is 12.5. The van der Waals surface area contributed by atoms with Crippen molar-refractivity contribution in [3.8, 4) is 0 Å². The Morgan fingerprint density at radius 2 is 2.14 bits per heavy atom. The largest absolute Gasteiger partial charge is 0.481 e. The molecule has 0 bridgehead atoms. The number of carboxylic acids is 1. The molecule has 0 radical (unpaired) electrons. The molecule has 0 saturated carbocycles. The first-order chi connectivity index (χ1) is 6.57. The Kier molecular flexibility index (Phi) is 6.19. The summed E-state index contributed by atoms with van der Waals surface area (Å²) in [6.45, 7) is 5.68. The van der Waals surface area contributed by atoms with Crippen LogP contribution >= 0.6 is 0 Å². The van der Waals surface area contributed by atoms with Crippen LogP contribution in [0.15, 0.2) is 12.7 Å². The predicted octanol–water partition coefficient (Wildman–Crippen LogP) is 0.582. The van der Waals surface area contributed by atoms with Gasteiger partial charge in [0, 0.05) is 13.1 Å². The molecule has 0 aliphatic carbocycles. The third-order valence-electron chi connectivity index (χ3n) is 1.62. The van der Waals surface area contributed by atoms with Crippen molar-refractivity contribution >= 4 is 12.0 Å². The van der Waals surface area contributed by atoms with Crippen molar-refractivity contribution in [1.29, 1.82) is 0 Å². The number of hydrogen-bond acceptors (Lipinski definition) is 2. The normalized spacial score (nSPS) is 11.5. The fraction of sp³-hybridized carbons (Fsp3) is 0.556. The molecule has 1 atom stereocenters. The molecule has 0 aliphatic heterocycles. The molecule has 0 fully saturated rings. The second-order valence-corrected chi connectivity index (χ2v) is 2.95. The maximum absolute atomic E-state index is 11.0. The molecule has 0 rings (SSSR count). The van der Waals surface area contributed by atoms with Crippen molar-refractivity contribution in [2.45, 2.75) is 13.3 Å². The van der Waals surface area contributed by atoms with E-state index in [4.69, 9.17) is 5.11 Å². The molecule has 1 unspecified atom stereocenters. The van der Waals surface area contributed by atoms with Gasteiger partial charge in [-0.1, -0.05) is 13.0 Å². The molecule has 0 aromatic rings. The van der Waals surface area contributed by atoms with Gasteiger partial charge in [0.2, 0.25) is 0 Å². The number of hydrogen-bond donors (Lipinski definition) is 3. The van der Waals surface area contributed by atoms with Crippen molar-refractivity contribution in [3.63, 3.8) is 0 Å². The van der Waals surface area contributed by atoms with Gasteiger partial charge in [0.1, 0.15) is 0 Å². The average Bonchev–Trinajstić information content (AvgIpc) is 2.14.